The van der Waals surface area contributed by atoms with Crippen molar-refractivity contribution in [3.63, 3.8) is 0 Å². The van der Waals surface area contributed by atoms with E-state index in [0.717, 1.165) is 30.3 Å². The lowest BCUT2D eigenvalue weighted by Crippen LogP contribution is -2.32. The standard InChI is InChI=1S/C16H25Cl2N/c1-4-9-19-15(8-5-12(2)3)10-13-6-7-14(17)11-16(13)18/h6-7,11-12,15,19H,4-5,8-10H2,1-3H3. The number of hydrogen-bond acceptors (Lipinski definition) is 1. The second kappa shape index (κ2) is 8.84. The van der Waals surface area contributed by atoms with Crippen LogP contribution in [0.1, 0.15) is 45.6 Å². The third-order valence-electron chi connectivity index (χ3n) is 3.26. The Hall–Kier alpha value is -0.240. The molecule has 0 bridgehead atoms. The molecule has 19 heavy (non-hydrogen) atoms. The van der Waals surface area contributed by atoms with Gasteiger partial charge in [-0.1, -0.05) is 50.0 Å². The minimum atomic E-state index is 0.501. The Morgan fingerprint density at radius 2 is 1.89 bits per heavy atom. The lowest BCUT2D eigenvalue weighted by molar-refractivity contribution is 0.427. The number of hydrogen-bond donors (Lipinski definition) is 1. The van der Waals surface area contributed by atoms with E-state index in [1.807, 2.05) is 18.2 Å². The van der Waals surface area contributed by atoms with E-state index < -0.39 is 0 Å². The van der Waals surface area contributed by atoms with Crippen LogP contribution in [0, 0.1) is 5.92 Å². The molecule has 1 aromatic carbocycles. The molecule has 1 nitrogen and oxygen atoms in total. The van der Waals surface area contributed by atoms with E-state index in [0.29, 0.717) is 11.1 Å². The maximum Gasteiger partial charge on any atom is 0.0453 e. The van der Waals surface area contributed by atoms with E-state index in [1.165, 1.54) is 18.4 Å². The van der Waals surface area contributed by atoms with Crippen LogP contribution in [-0.4, -0.2) is 12.6 Å². The first kappa shape index (κ1) is 16.8. The van der Waals surface area contributed by atoms with E-state index in [9.17, 15) is 0 Å². The summed E-state index contributed by atoms with van der Waals surface area (Å²) in [6.45, 7) is 7.80. The van der Waals surface area contributed by atoms with Crippen LogP contribution in [0.2, 0.25) is 10.0 Å². The molecule has 0 amide bonds. The van der Waals surface area contributed by atoms with Crippen molar-refractivity contribution in [1.29, 1.82) is 0 Å². The minimum Gasteiger partial charge on any atom is -0.314 e. The van der Waals surface area contributed by atoms with Gasteiger partial charge in [-0.2, -0.15) is 0 Å². The van der Waals surface area contributed by atoms with Gasteiger partial charge in [0.1, 0.15) is 0 Å². The van der Waals surface area contributed by atoms with Gasteiger partial charge in [0.05, 0.1) is 0 Å². The predicted octanol–water partition coefficient (Wildman–Crippen LogP) is 5.34. The molecule has 1 aromatic rings. The lowest BCUT2D eigenvalue weighted by atomic mass is 9.97. The summed E-state index contributed by atoms with van der Waals surface area (Å²) in [5.41, 5.74) is 1.18. The fourth-order valence-electron chi connectivity index (χ4n) is 2.11. The monoisotopic (exact) mass is 301 g/mol. The first-order valence-corrected chi connectivity index (χ1v) is 7.95. The highest BCUT2D eigenvalue weighted by Crippen LogP contribution is 2.23. The van der Waals surface area contributed by atoms with Crippen LogP contribution >= 0.6 is 23.2 Å². The fraction of sp³-hybridized carbons (Fsp3) is 0.625. The van der Waals surface area contributed by atoms with Crippen molar-refractivity contribution in [1.82, 2.24) is 5.32 Å². The Balaban J connectivity index is 2.63. The van der Waals surface area contributed by atoms with Crippen LogP contribution in [0.3, 0.4) is 0 Å². The van der Waals surface area contributed by atoms with Gasteiger partial charge in [-0.3, -0.25) is 0 Å². The molecule has 3 heteroatoms. The Kier molecular flexibility index (Phi) is 7.82. The number of rotatable bonds is 8. The zero-order valence-electron chi connectivity index (χ0n) is 12.2. The third kappa shape index (κ3) is 6.65. The Bertz CT molecular complexity index is 377. The van der Waals surface area contributed by atoms with Crippen LogP contribution in [0.5, 0.6) is 0 Å². The molecule has 0 heterocycles. The largest absolute Gasteiger partial charge is 0.314 e. The molecule has 0 spiro atoms. The van der Waals surface area contributed by atoms with Gasteiger partial charge >= 0.3 is 0 Å². The van der Waals surface area contributed by atoms with E-state index >= 15 is 0 Å². The summed E-state index contributed by atoms with van der Waals surface area (Å²) in [6, 6.07) is 6.29. The van der Waals surface area contributed by atoms with Crippen molar-refractivity contribution >= 4 is 23.2 Å². The summed E-state index contributed by atoms with van der Waals surface area (Å²) in [6.07, 6.45) is 4.57. The van der Waals surface area contributed by atoms with Crippen molar-refractivity contribution < 1.29 is 0 Å². The van der Waals surface area contributed by atoms with Crippen molar-refractivity contribution in [2.45, 2.75) is 52.5 Å². The van der Waals surface area contributed by atoms with Gasteiger partial charge in [0, 0.05) is 16.1 Å². The first-order chi connectivity index (χ1) is 9.02. The highest BCUT2D eigenvalue weighted by atomic mass is 35.5. The highest BCUT2D eigenvalue weighted by Gasteiger charge is 2.12. The van der Waals surface area contributed by atoms with Crippen LogP contribution in [-0.2, 0) is 6.42 Å². The van der Waals surface area contributed by atoms with Gasteiger partial charge in [-0.15, -0.1) is 0 Å². The molecule has 108 valence electrons. The van der Waals surface area contributed by atoms with Gasteiger partial charge in [0.25, 0.3) is 0 Å². The molecule has 0 saturated carbocycles. The van der Waals surface area contributed by atoms with Gasteiger partial charge in [0.15, 0.2) is 0 Å². The second-order valence-corrected chi connectivity index (χ2v) is 6.41. The van der Waals surface area contributed by atoms with E-state index in [-0.39, 0.29) is 0 Å². The quantitative estimate of drug-likeness (QED) is 0.683. The minimum absolute atomic E-state index is 0.501. The van der Waals surface area contributed by atoms with Crippen molar-refractivity contribution in [2.24, 2.45) is 5.92 Å². The summed E-state index contributed by atoms with van der Waals surface area (Å²) in [5.74, 6) is 0.742. The van der Waals surface area contributed by atoms with Gasteiger partial charge in [-0.25, -0.2) is 0 Å². The molecule has 1 N–H and O–H groups in total. The Morgan fingerprint density at radius 3 is 2.47 bits per heavy atom. The van der Waals surface area contributed by atoms with Crippen molar-refractivity contribution in [3.8, 4) is 0 Å². The van der Waals surface area contributed by atoms with Gasteiger partial charge in [0.2, 0.25) is 0 Å². The number of halogens is 2. The van der Waals surface area contributed by atoms with Crippen LogP contribution in [0.4, 0.5) is 0 Å². The summed E-state index contributed by atoms with van der Waals surface area (Å²) in [5, 5.41) is 5.10. The molecule has 0 aromatic heterocycles. The zero-order chi connectivity index (χ0) is 14.3. The van der Waals surface area contributed by atoms with Gasteiger partial charge in [-0.05, 0) is 55.8 Å². The van der Waals surface area contributed by atoms with E-state index in [4.69, 9.17) is 23.2 Å². The van der Waals surface area contributed by atoms with Crippen molar-refractivity contribution in [3.05, 3.63) is 33.8 Å². The molecule has 1 atom stereocenters. The SMILES string of the molecule is CCCNC(CCC(C)C)Cc1ccc(Cl)cc1Cl. The molecule has 1 rings (SSSR count). The number of benzene rings is 1. The topological polar surface area (TPSA) is 12.0 Å². The molecule has 0 aliphatic carbocycles. The lowest BCUT2D eigenvalue weighted by Gasteiger charge is -2.20. The fourth-order valence-corrected chi connectivity index (χ4v) is 2.60. The number of nitrogens with one attached hydrogen (secondary N) is 1. The summed E-state index contributed by atoms with van der Waals surface area (Å²) in [7, 11) is 0. The second-order valence-electron chi connectivity index (χ2n) is 5.56. The predicted molar refractivity (Wildman–Crippen MR) is 86.3 cm³/mol. The molecule has 0 aliphatic rings. The highest BCUT2D eigenvalue weighted by molar-refractivity contribution is 6.35. The van der Waals surface area contributed by atoms with Crippen LogP contribution in [0.25, 0.3) is 0 Å². The smallest absolute Gasteiger partial charge is 0.0453 e. The first-order valence-electron chi connectivity index (χ1n) is 7.20. The van der Waals surface area contributed by atoms with E-state index in [1.54, 1.807) is 0 Å². The molecule has 0 radical (unpaired) electrons. The summed E-state index contributed by atoms with van der Waals surface area (Å²) in [4.78, 5) is 0. The Morgan fingerprint density at radius 1 is 1.16 bits per heavy atom. The van der Waals surface area contributed by atoms with Crippen LogP contribution in [0.15, 0.2) is 18.2 Å². The third-order valence-corrected chi connectivity index (χ3v) is 3.84. The maximum absolute atomic E-state index is 6.26. The average molecular weight is 302 g/mol. The van der Waals surface area contributed by atoms with Gasteiger partial charge < -0.3 is 5.32 Å². The molecule has 1 unspecified atom stereocenters. The zero-order valence-corrected chi connectivity index (χ0v) is 13.7. The van der Waals surface area contributed by atoms with Crippen LogP contribution < -0.4 is 5.32 Å². The maximum atomic E-state index is 6.26. The molecule has 0 saturated heterocycles. The average Bonchev–Trinajstić information content (AvgIpc) is 2.35. The van der Waals surface area contributed by atoms with Crippen molar-refractivity contribution in [2.75, 3.05) is 6.54 Å². The normalized spacial score (nSPS) is 12.9. The molecular formula is C16H25Cl2N. The summed E-state index contributed by atoms with van der Waals surface area (Å²) < 4.78 is 0. The summed E-state index contributed by atoms with van der Waals surface area (Å²) >= 11 is 12.2. The Labute approximate surface area is 127 Å². The molecule has 0 fully saturated rings. The van der Waals surface area contributed by atoms with E-state index in [2.05, 4.69) is 26.1 Å². The molecular weight excluding hydrogens is 277 g/mol. The molecule has 0 aliphatic heterocycles.